The van der Waals surface area contributed by atoms with Crippen molar-refractivity contribution in [2.45, 2.75) is 19.3 Å². The Hall–Kier alpha value is -1.84. The lowest BCUT2D eigenvalue weighted by molar-refractivity contribution is -0.167. The third kappa shape index (κ3) is 2.84. The molecular formula is C13H14O4. The molecule has 0 bridgehead atoms. The summed E-state index contributed by atoms with van der Waals surface area (Å²) in [5, 5.41) is 0. The highest BCUT2D eigenvalue weighted by atomic mass is 16.6. The Morgan fingerprint density at radius 2 is 2.24 bits per heavy atom. The molecular weight excluding hydrogens is 220 g/mol. The van der Waals surface area contributed by atoms with Crippen LogP contribution in [0.2, 0.25) is 0 Å². The summed E-state index contributed by atoms with van der Waals surface area (Å²) in [4.78, 5) is 22.4. The van der Waals surface area contributed by atoms with E-state index in [0.717, 1.165) is 11.3 Å². The lowest BCUT2D eigenvalue weighted by Gasteiger charge is -2.19. The van der Waals surface area contributed by atoms with Crippen molar-refractivity contribution < 1.29 is 19.1 Å². The molecule has 1 atom stereocenters. The topological polar surface area (TPSA) is 52.6 Å². The minimum Gasteiger partial charge on any atom is -0.497 e. The number of rotatable bonds is 3. The van der Waals surface area contributed by atoms with E-state index in [4.69, 9.17) is 4.74 Å². The molecule has 0 N–H and O–H groups in total. The van der Waals surface area contributed by atoms with Crippen LogP contribution < -0.4 is 4.74 Å². The van der Waals surface area contributed by atoms with Gasteiger partial charge in [-0.2, -0.15) is 0 Å². The number of ether oxygens (including phenoxy) is 2. The Morgan fingerprint density at radius 1 is 1.41 bits per heavy atom. The number of esters is 2. The molecule has 1 aromatic carbocycles. The normalized spacial score (nSPS) is 19.9. The third-order valence-electron chi connectivity index (χ3n) is 2.86. The number of methoxy groups -OCH3 is 1. The predicted octanol–water partition coefficient (Wildman–Crippen LogP) is 1.72. The van der Waals surface area contributed by atoms with Crippen molar-refractivity contribution in [3.63, 3.8) is 0 Å². The van der Waals surface area contributed by atoms with Crippen molar-refractivity contribution in [2.24, 2.45) is 5.92 Å². The first-order valence-corrected chi connectivity index (χ1v) is 5.56. The molecule has 1 aliphatic rings. The predicted molar refractivity (Wildman–Crippen MR) is 60.5 cm³/mol. The molecule has 0 saturated carbocycles. The van der Waals surface area contributed by atoms with Gasteiger partial charge < -0.3 is 9.47 Å². The molecule has 4 heteroatoms. The summed E-state index contributed by atoms with van der Waals surface area (Å²) in [7, 11) is 1.60. The number of hydrogen-bond acceptors (Lipinski definition) is 4. The highest BCUT2D eigenvalue weighted by molar-refractivity contribution is 5.89. The number of benzene rings is 1. The Morgan fingerprint density at radius 3 is 2.94 bits per heavy atom. The SMILES string of the molecule is COc1cccc(CC2CCC(=O)OC2=O)c1. The number of carbonyl (C=O) groups is 2. The highest BCUT2D eigenvalue weighted by Gasteiger charge is 2.28. The van der Waals surface area contributed by atoms with E-state index in [9.17, 15) is 9.59 Å². The van der Waals surface area contributed by atoms with Gasteiger partial charge in [-0.3, -0.25) is 9.59 Å². The Bertz CT molecular complexity index is 439. The van der Waals surface area contributed by atoms with Crippen LogP contribution in [0.3, 0.4) is 0 Å². The van der Waals surface area contributed by atoms with Gasteiger partial charge in [-0.15, -0.1) is 0 Å². The van der Waals surface area contributed by atoms with Gasteiger partial charge in [0.1, 0.15) is 5.75 Å². The lowest BCUT2D eigenvalue weighted by Crippen LogP contribution is -2.29. The maximum Gasteiger partial charge on any atom is 0.316 e. The van der Waals surface area contributed by atoms with E-state index in [1.807, 2.05) is 24.3 Å². The van der Waals surface area contributed by atoms with Gasteiger partial charge in [-0.25, -0.2) is 0 Å². The standard InChI is InChI=1S/C13H14O4/c1-16-11-4-2-3-9(8-11)7-10-5-6-12(14)17-13(10)15/h2-4,8,10H,5-7H2,1H3. The molecule has 1 aromatic rings. The zero-order valence-corrected chi connectivity index (χ0v) is 9.64. The monoisotopic (exact) mass is 234 g/mol. The number of carbonyl (C=O) groups excluding carboxylic acids is 2. The van der Waals surface area contributed by atoms with Crippen LogP contribution in [0.15, 0.2) is 24.3 Å². The van der Waals surface area contributed by atoms with Gasteiger partial charge in [0, 0.05) is 6.42 Å². The first kappa shape index (κ1) is 11.6. The van der Waals surface area contributed by atoms with Crippen molar-refractivity contribution in [2.75, 3.05) is 7.11 Å². The van der Waals surface area contributed by atoms with Gasteiger partial charge in [0.05, 0.1) is 13.0 Å². The summed E-state index contributed by atoms with van der Waals surface area (Å²) < 4.78 is 9.74. The molecule has 90 valence electrons. The van der Waals surface area contributed by atoms with Crippen molar-refractivity contribution in [1.82, 2.24) is 0 Å². The van der Waals surface area contributed by atoms with Crippen molar-refractivity contribution >= 4 is 11.9 Å². The molecule has 17 heavy (non-hydrogen) atoms. The summed E-state index contributed by atoms with van der Waals surface area (Å²) in [6.07, 6.45) is 1.47. The first-order chi connectivity index (χ1) is 8.19. The second kappa shape index (κ2) is 4.99. The Balaban J connectivity index is 2.05. The average molecular weight is 234 g/mol. The van der Waals surface area contributed by atoms with Crippen molar-refractivity contribution in [3.8, 4) is 5.75 Å². The molecule has 4 nitrogen and oxygen atoms in total. The lowest BCUT2D eigenvalue weighted by atomic mass is 9.93. The van der Waals surface area contributed by atoms with Gasteiger partial charge in [0.25, 0.3) is 0 Å². The summed E-state index contributed by atoms with van der Waals surface area (Å²) in [6.45, 7) is 0. The van der Waals surface area contributed by atoms with Gasteiger partial charge in [-0.1, -0.05) is 12.1 Å². The fourth-order valence-corrected chi connectivity index (χ4v) is 1.93. The van der Waals surface area contributed by atoms with Crippen LogP contribution in [-0.4, -0.2) is 19.0 Å². The molecule has 1 saturated heterocycles. The maximum absolute atomic E-state index is 11.5. The molecule has 0 radical (unpaired) electrons. The minimum absolute atomic E-state index is 0.222. The van der Waals surface area contributed by atoms with Crippen LogP contribution >= 0.6 is 0 Å². The van der Waals surface area contributed by atoms with E-state index < -0.39 is 11.9 Å². The van der Waals surface area contributed by atoms with Crippen LogP contribution in [0.4, 0.5) is 0 Å². The smallest absolute Gasteiger partial charge is 0.316 e. The average Bonchev–Trinajstić information content (AvgIpc) is 2.33. The van der Waals surface area contributed by atoms with Crippen LogP contribution in [0.25, 0.3) is 0 Å². The molecule has 0 aliphatic carbocycles. The third-order valence-corrected chi connectivity index (χ3v) is 2.86. The van der Waals surface area contributed by atoms with E-state index >= 15 is 0 Å². The van der Waals surface area contributed by atoms with Crippen molar-refractivity contribution in [1.29, 1.82) is 0 Å². The maximum atomic E-state index is 11.5. The van der Waals surface area contributed by atoms with Crippen LogP contribution in [0.5, 0.6) is 5.75 Å². The minimum atomic E-state index is -0.420. The first-order valence-electron chi connectivity index (χ1n) is 5.56. The van der Waals surface area contributed by atoms with Crippen LogP contribution in [0, 0.1) is 5.92 Å². The fourth-order valence-electron chi connectivity index (χ4n) is 1.93. The van der Waals surface area contributed by atoms with Crippen LogP contribution in [0.1, 0.15) is 18.4 Å². The van der Waals surface area contributed by atoms with E-state index in [1.165, 1.54) is 0 Å². The summed E-state index contributed by atoms with van der Waals surface area (Å²) in [5.41, 5.74) is 1.01. The van der Waals surface area contributed by atoms with E-state index in [-0.39, 0.29) is 5.92 Å². The molecule has 1 unspecified atom stereocenters. The summed E-state index contributed by atoms with van der Waals surface area (Å²) >= 11 is 0. The quantitative estimate of drug-likeness (QED) is 0.590. The van der Waals surface area contributed by atoms with Gasteiger partial charge in [0.15, 0.2) is 0 Å². The van der Waals surface area contributed by atoms with E-state index in [0.29, 0.717) is 19.3 Å². The van der Waals surface area contributed by atoms with Gasteiger partial charge in [0.2, 0.25) is 0 Å². The van der Waals surface area contributed by atoms with Crippen molar-refractivity contribution in [3.05, 3.63) is 29.8 Å². The Kier molecular flexibility index (Phi) is 3.42. The number of hydrogen-bond donors (Lipinski definition) is 0. The molecule has 1 aliphatic heterocycles. The number of cyclic esters (lactones) is 2. The zero-order chi connectivity index (χ0) is 12.3. The fraction of sp³-hybridized carbons (Fsp3) is 0.385. The van der Waals surface area contributed by atoms with E-state index in [2.05, 4.69) is 4.74 Å². The second-order valence-electron chi connectivity index (χ2n) is 4.08. The highest BCUT2D eigenvalue weighted by Crippen LogP contribution is 2.22. The summed E-state index contributed by atoms with van der Waals surface area (Å²) in [5.74, 6) is -0.288. The molecule has 1 fully saturated rings. The van der Waals surface area contributed by atoms with Crippen LogP contribution in [-0.2, 0) is 20.7 Å². The molecule has 0 aromatic heterocycles. The van der Waals surface area contributed by atoms with Gasteiger partial charge in [-0.05, 0) is 30.5 Å². The van der Waals surface area contributed by atoms with E-state index in [1.54, 1.807) is 7.11 Å². The van der Waals surface area contributed by atoms with Gasteiger partial charge >= 0.3 is 11.9 Å². The molecule has 0 amide bonds. The molecule has 1 heterocycles. The summed E-state index contributed by atoms with van der Waals surface area (Å²) in [6, 6.07) is 7.57. The Labute approximate surface area is 99.5 Å². The molecule has 2 rings (SSSR count). The largest absolute Gasteiger partial charge is 0.497 e. The zero-order valence-electron chi connectivity index (χ0n) is 9.64. The second-order valence-corrected chi connectivity index (χ2v) is 4.08. The molecule has 0 spiro atoms.